The molecule has 5 aliphatic rings. The molecule has 1 heterocycles. The topological polar surface area (TPSA) is 67.2 Å². The van der Waals surface area contributed by atoms with Crippen molar-refractivity contribution in [3.05, 3.63) is 22.1 Å². The highest BCUT2D eigenvalue weighted by Crippen LogP contribution is 2.67. The molecule has 32 heavy (non-hydrogen) atoms. The van der Waals surface area contributed by atoms with Gasteiger partial charge in [0.25, 0.3) is 0 Å². The van der Waals surface area contributed by atoms with E-state index >= 15 is 0 Å². The van der Waals surface area contributed by atoms with Gasteiger partial charge in [0.15, 0.2) is 6.29 Å². The quantitative estimate of drug-likeness (QED) is 0.193. The van der Waals surface area contributed by atoms with E-state index in [1.54, 1.807) is 5.57 Å². The zero-order valence-corrected chi connectivity index (χ0v) is 20.5. The van der Waals surface area contributed by atoms with E-state index in [0.29, 0.717) is 35.3 Å². The summed E-state index contributed by atoms with van der Waals surface area (Å²) in [6, 6.07) is 0. The van der Waals surface area contributed by atoms with Gasteiger partial charge in [0, 0.05) is 18.1 Å². The normalized spacial score (nSPS) is 46.8. The third-order valence-corrected chi connectivity index (χ3v) is 10.7. The minimum absolute atomic E-state index is 0.0354. The first-order valence-corrected chi connectivity index (χ1v) is 13.4. The third kappa shape index (κ3) is 3.83. The average Bonchev–Trinajstić information content (AvgIpc) is 3.16. The maximum Gasteiger partial charge on any atom is 0.157 e. The Hall–Kier alpha value is -1.03. The number of ether oxygens (including phenoxy) is 2. The van der Waals surface area contributed by atoms with Gasteiger partial charge in [0.2, 0.25) is 0 Å². The fourth-order valence-electron chi connectivity index (χ4n) is 9.04. The number of allylic oxidation sites excluding steroid dienone is 1. The summed E-state index contributed by atoms with van der Waals surface area (Å²) in [5, 5.41) is 3.93. The second kappa shape index (κ2) is 8.96. The minimum atomic E-state index is 0.0354. The molecular formula is C27H43N3O2. The van der Waals surface area contributed by atoms with Crippen LogP contribution in [0.15, 0.2) is 16.8 Å². The van der Waals surface area contributed by atoms with Crippen molar-refractivity contribution in [1.82, 2.24) is 0 Å². The molecule has 1 unspecified atom stereocenters. The number of hydrogen-bond donors (Lipinski definition) is 0. The van der Waals surface area contributed by atoms with E-state index in [-0.39, 0.29) is 6.29 Å². The van der Waals surface area contributed by atoms with Crippen LogP contribution in [0.4, 0.5) is 0 Å². The Kier molecular flexibility index (Phi) is 6.37. The maximum atomic E-state index is 8.79. The molecule has 5 nitrogen and oxygen atoms in total. The van der Waals surface area contributed by atoms with E-state index in [9.17, 15) is 0 Å². The lowest BCUT2D eigenvalue weighted by Crippen LogP contribution is -2.51. The fourth-order valence-corrected chi connectivity index (χ4v) is 9.04. The minimum Gasteiger partial charge on any atom is -0.353 e. The Balaban J connectivity index is 1.29. The van der Waals surface area contributed by atoms with Gasteiger partial charge in [-0.2, -0.15) is 0 Å². The van der Waals surface area contributed by atoms with Crippen molar-refractivity contribution in [2.75, 3.05) is 13.2 Å². The van der Waals surface area contributed by atoms with Gasteiger partial charge >= 0.3 is 0 Å². The molecule has 0 amide bonds. The molecule has 0 radical (unpaired) electrons. The Morgan fingerprint density at radius 3 is 2.81 bits per heavy atom. The first-order chi connectivity index (χ1) is 15.5. The van der Waals surface area contributed by atoms with Gasteiger partial charge < -0.3 is 9.47 Å². The fraction of sp³-hybridized carbons (Fsp3) is 0.926. The standard InChI is InChI=1S/C27H43N3O2/c1-18(17-29-30-28)22-9-10-23-21-8-7-19-16-20(32-25-6-4-5-15-31-25)11-13-26(19,2)24(21)12-14-27(22,23)3/h7,18,20-25H,4-6,8-17H2,1-3H3/t18-,20+,21+,22-,23+,24+,25?,26+,27-/m1/s1. The van der Waals surface area contributed by atoms with Crippen LogP contribution >= 0.6 is 0 Å². The molecule has 0 aromatic rings. The lowest BCUT2D eigenvalue weighted by molar-refractivity contribution is -0.195. The summed E-state index contributed by atoms with van der Waals surface area (Å²) in [6.45, 7) is 9.00. The lowest BCUT2D eigenvalue weighted by Gasteiger charge is -2.58. The SMILES string of the molecule is C[C@H](CN=[N+]=[N-])[C@H]1CC[C@H]2[C@@H]3CC=C4C[C@@H](OC5CCCCO5)CC[C@]4(C)[C@H]3CC[C@]12C. The Morgan fingerprint density at radius 1 is 1.16 bits per heavy atom. The maximum absolute atomic E-state index is 8.79. The molecule has 5 rings (SSSR count). The summed E-state index contributed by atoms with van der Waals surface area (Å²) in [4.78, 5) is 3.04. The van der Waals surface area contributed by atoms with Crippen LogP contribution < -0.4 is 0 Å². The van der Waals surface area contributed by atoms with Crippen LogP contribution in [-0.4, -0.2) is 25.5 Å². The van der Waals surface area contributed by atoms with Crippen LogP contribution in [0.25, 0.3) is 10.4 Å². The Morgan fingerprint density at radius 2 is 2.03 bits per heavy atom. The molecular weight excluding hydrogens is 398 g/mol. The molecule has 1 aliphatic heterocycles. The summed E-state index contributed by atoms with van der Waals surface area (Å²) in [6.07, 6.45) is 16.8. The number of azide groups is 1. The summed E-state index contributed by atoms with van der Waals surface area (Å²) in [7, 11) is 0. The Bertz CT molecular complexity index is 771. The molecule has 3 saturated carbocycles. The van der Waals surface area contributed by atoms with Crippen LogP contribution in [-0.2, 0) is 9.47 Å². The monoisotopic (exact) mass is 441 g/mol. The molecule has 4 fully saturated rings. The lowest BCUT2D eigenvalue weighted by atomic mass is 9.47. The van der Waals surface area contributed by atoms with E-state index in [1.807, 2.05) is 0 Å². The highest BCUT2D eigenvalue weighted by Gasteiger charge is 2.59. The first-order valence-electron chi connectivity index (χ1n) is 13.4. The second-order valence-corrected chi connectivity index (χ2v) is 12.2. The zero-order valence-electron chi connectivity index (χ0n) is 20.5. The van der Waals surface area contributed by atoms with Crippen molar-refractivity contribution in [1.29, 1.82) is 0 Å². The largest absolute Gasteiger partial charge is 0.353 e. The average molecular weight is 442 g/mol. The molecule has 9 atom stereocenters. The van der Waals surface area contributed by atoms with Crippen LogP contribution in [0.5, 0.6) is 0 Å². The third-order valence-electron chi connectivity index (χ3n) is 10.7. The second-order valence-electron chi connectivity index (χ2n) is 12.2. The number of fused-ring (bicyclic) bond motifs is 5. The Labute approximate surface area is 194 Å². The smallest absolute Gasteiger partial charge is 0.157 e. The van der Waals surface area contributed by atoms with Crippen molar-refractivity contribution < 1.29 is 9.47 Å². The van der Waals surface area contributed by atoms with Gasteiger partial charge in [-0.3, -0.25) is 0 Å². The molecule has 178 valence electrons. The molecule has 0 bridgehead atoms. The summed E-state index contributed by atoms with van der Waals surface area (Å²) in [5.74, 6) is 3.70. The predicted molar refractivity (Wildman–Crippen MR) is 127 cm³/mol. The summed E-state index contributed by atoms with van der Waals surface area (Å²) >= 11 is 0. The van der Waals surface area contributed by atoms with Crippen molar-refractivity contribution in [3.8, 4) is 0 Å². The zero-order chi connectivity index (χ0) is 22.3. The van der Waals surface area contributed by atoms with Crippen molar-refractivity contribution in [2.24, 2.45) is 45.5 Å². The van der Waals surface area contributed by atoms with Crippen molar-refractivity contribution in [3.63, 3.8) is 0 Å². The molecule has 0 N–H and O–H groups in total. The van der Waals surface area contributed by atoms with Crippen LogP contribution in [0, 0.1) is 40.4 Å². The van der Waals surface area contributed by atoms with Crippen LogP contribution in [0.3, 0.4) is 0 Å². The molecule has 0 spiro atoms. The van der Waals surface area contributed by atoms with E-state index < -0.39 is 0 Å². The van der Waals surface area contributed by atoms with E-state index in [2.05, 4.69) is 36.9 Å². The predicted octanol–water partition coefficient (Wildman–Crippen LogP) is 7.42. The van der Waals surface area contributed by atoms with Gasteiger partial charge in [0.1, 0.15) is 0 Å². The summed E-state index contributed by atoms with van der Waals surface area (Å²) < 4.78 is 12.3. The van der Waals surface area contributed by atoms with E-state index in [4.69, 9.17) is 15.0 Å². The van der Waals surface area contributed by atoms with Crippen molar-refractivity contribution >= 4 is 0 Å². The number of rotatable bonds is 5. The molecule has 1 saturated heterocycles. The molecule has 0 aromatic carbocycles. The van der Waals surface area contributed by atoms with Crippen LogP contribution in [0.1, 0.15) is 91.4 Å². The van der Waals surface area contributed by atoms with Gasteiger partial charge in [0.05, 0.1) is 6.10 Å². The van der Waals surface area contributed by atoms with E-state index in [0.717, 1.165) is 37.2 Å². The van der Waals surface area contributed by atoms with Gasteiger partial charge in [-0.05, 0) is 117 Å². The van der Waals surface area contributed by atoms with Gasteiger partial charge in [-0.15, -0.1) is 0 Å². The first kappa shape index (κ1) is 22.7. The highest BCUT2D eigenvalue weighted by molar-refractivity contribution is 5.25. The molecule has 0 aromatic heterocycles. The summed E-state index contributed by atoms with van der Waals surface area (Å²) in [5.41, 5.74) is 11.3. The van der Waals surface area contributed by atoms with Crippen LogP contribution in [0.2, 0.25) is 0 Å². The highest BCUT2D eigenvalue weighted by atomic mass is 16.7. The van der Waals surface area contributed by atoms with Gasteiger partial charge in [-0.1, -0.05) is 37.5 Å². The van der Waals surface area contributed by atoms with Crippen molar-refractivity contribution in [2.45, 2.75) is 104 Å². The number of hydrogen-bond acceptors (Lipinski definition) is 3. The number of nitrogens with zero attached hydrogens (tertiary/aromatic N) is 3. The van der Waals surface area contributed by atoms with E-state index in [1.165, 1.54) is 57.8 Å². The molecule has 4 aliphatic carbocycles. The van der Waals surface area contributed by atoms with Gasteiger partial charge in [-0.25, -0.2) is 0 Å². The molecule has 5 heteroatoms.